The first-order valence-corrected chi connectivity index (χ1v) is 10.7. The summed E-state index contributed by atoms with van der Waals surface area (Å²) in [5, 5.41) is 6.50. The Bertz CT molecular complexity index is 811. The van der Waals surface area contributed by atoms with E-state index in [-0.39, 0.29) is 25.5 Å². The zero-order chi connectivity index (χ0) is 23.9. The van der Waals surface area contributed by atoms with E-state index in [4.69, 9.17) is 4.74 Å². The number of hydrogen-bond donors (Lipinski definition) is 2. The van der Waals surface area contributed by atoms with E-state index in [1.807, 2.05) is 20.8 Å². The third-order valence-corrected chi connectivity index (χ3v) is 5.95. The molecule has 0 fully saturated rings. The van der Waals surface area contributed by atoms with Crippen LogP contribution in [-0.2, 0) is 14.9 Å². The van der Waals surface area contributed by atoms with E-state index in [0.29, 0.717) is 5.57 Å². The number of carbonyl (C=O) groups is 1. The fraction of sp³-hybridized carbons (Fsp3) is 0.545. The Labute approximate surface area is 186 Å². The molecule has 1 heterocycles. The van der Waals surface area contributed by atoms with Gasteiger partial charge in [0, 0.05) is 29.0 Å². The quantitative estimate of drug-likeness (QED) is 0.196. The van der Waals surface area contributed by atoms with Gasteiger partial charge in [-0.25, -0.2) is 4.98 Å². The minimum atomic E-state index is -4.22. The van der Waals surface area contributed by atoms with E-state index >= 15 is 0 Å². The second-order valence-corrected chi connectivity index (χ2v) is 9.46. The molecule has 0 atom stereocenters. The molecule has 2 N–H and O–H groups in total. The number of hydrogen-bond acceptors (Lipinski definition) is 5. The van der Waals surface area contributed by atoms with Crippen LogP contribution in [0.1, 0.15) is 50.4 Å². The number of halogens is 3. The molecule has 0 unspecified atom stereocenters. The Morgan fingerprint density at radius 2 is 1.94 bits per heavy atom. The predicted molar refractivity (Wildman–Crippen MR) is 119 cm³/mol. The van der Waals surface area contributed by atoms with Crippen molar-refractivity contribution in [1.29, 1.82) is 0 Å². The fourth-order valence-corrected chi connectivity index (χ4v) is 3.36. The van der Waals surface area contributed by atoms with Crippen LogP contribution in [0.4, 0.5) is 13.2 Å². The number of rotatable bonds is 12. The maximum absolute atomic E-state index is 12.8. The first-order chi connectivity index (χ1) is 14.2. The van der Waals surface area contributed by atoms with E-state index in [1.165, 1.54) is 0 Å². The number of nitrogens with zero attached hydrogens (tertiary/aromatic N) is 1. The zero-order valence-corrected chi connectivity index (χ0v) is 19.6. The van der Waals surface area contributed by atoms with Crippen LogP contribution >= 0.6 is 11.3 Å². The van der Waals surface area contributed by atoms with Crippen molar-refractivity contribution in [3.05, 3.63) is 52.8 Å². The predicted octanol–water partition coefficient (Wildman–Crippen LogP) is 5.16. The van der Waals surface area contributed by atoms with E-state index in [0.717, 1.165) is 9.88 Å². The highest BCUT2D eigenvalue weighted by Gasteiger charge is 2.31. The average molecular weight is 460 g/mol. The van der Waals surface area contributed by atoms with Crippen molar-refractivity contribution in [1.82, 2.24) is 15.6 Å². The van der Waals surface area contributed by atoms with E-state index in [2.05, 4.69) is 28.8 Å². The molecule has 31 heavy (non-hydrogen) atoms. The van der Waals surface area contributed by atoms with Crippen molar-refractivity contribution in [3.63, 3.8) is 0 Å². The van der Waals surface area contributed by atoms with Gasteiger partial charge in [0.15, 0.2) is 5.88 Å². The number of amides is 1. The van der Waals surface area contributed by atoms with Crippen molar-refractivity contribution < 1.29 is 22.7 Å². The van der Waals surface area contributed by atoms with Gasteiger partial charge in [-0.15, -0.1) is 11.3 Å². The molecule has 0 saturated carbocycles. The summed E-state index contributed by atoms with van der Waals surface area (Å²) in [4.78, 5) is 18.1. The Hall–Kier alpha value is -2.13. The van der Waals surface area contributed by atoms with Crippen molar-refractivity contribution in [2.75, 3.05) is 13.2 Å². The molecule has 1 aromatic rings. The Morgan fingerprint density at radius 3 is 2.45 bits per heavy atom. The molecule has 1 amide bonds. The van der Waals surface area contributed by atoms with Crippen LogP contribution in [0.5, 0.6) is 0 Å². The van der Waals surface area contributed by atoms with Crippen molar-refractivity contribution in [2.24, 2.45) is 0 Å². The average Bonchev–Trinajstić information content (AvgIpc) is 3.09. The van der Waals surface area contributed by atoms with Gasteiger partial charge in [0.1, 0.15) is 6.61 Å². The Balaban J connectivity index is 2.89. The number of alkyl halides is 3. The SMILES string of the molecule is C=CCO/C(=C\C(=C)C(C)(C)c1cnc(C)s1)NC(=O)C(C)(C)NCCCC(F)(F)F. The number of aryl methyl sites for hydroxylation is 1. The highest BCUT2D eigenvalue weighted by atomic mass is 32.1. The van der Waals surface area contributed by atoms with E-state index in [1.54, 1.807) is 43.5 Å². The summed E-state index contributed by atoms with van der Waals surface area (Å²) < 4.78 is 42.5. The van der Waals surface area contributed by atoms with Crippen LogP contribution in [0.3, 0.4) is 0 Å². The van der Waals surface area contributed by atoms with E-state index in [9.17, 15) is 18.0 Å². The zero-order valence-electron chi connectivity index (χ0n) is 18.8. The molecule has 5 nitrogen and oxygen atoms in total. The molecule has 1 rings (SSSR count). The highest BCUT2D eigenvalue weighted by molar-refractivity contribution is 7.11. The number of ether oxygens (including phenoxy) is 1. The minimum Gasteiger partial charge on any atom is -0.475 e. The molecule has 0 aromatic carbocycles. The normalized spacial score (nSPS) is 13.1. The summed E-state index contributed by atoms with van der Waals surface area (Å²) >= 11 is 1.56. The molecule has 174 valence electrons. The van der Waals surface area contributed by atoms with Gasteiger partial charge >= 0.3 is 6.18 Å². The van der Waals surface area contributed by atoms with Crippen molar-refractivity contribution in [2.45, 2.75) is 64.6 Å². The molecule has 0 aliphatic heterocycles. The van der Waals surface area contributed by atoms with E-state index < -0.39 is 29.5 Å². The molecule has 9 heteroatoms. The number of aromatic nitrogens is 1. The van der Waals surface area contributed by atoms with Gasteiger partial charge in [-0.1, -0.05) is 33.1 Å². The third-order valence-electron chi connectivity index (χ3n) is 4.71. The molecule has 1 aromatic heterocycles. The van der Waals surface area contributed by atoms with Crippen LogP contribution < -0.4 is 10.6 Å². The summed E-state index contributed by atoms with van der Waals surface area (Å²) in [6.07, 6.45) is -0.244. The van der Waals surface area contributed by atoms with Crippen LogP contribution in [-0.4, -0.2) is 35.8 Å². The van der Waals surface area contributed by atoms with Crippen LogP contribution in [0, 0.1) is 6.92 Å². The topological polar surface area (TPSA) is 63.2 Å². The molecule has 0 bridgehead atoms. The highest BCUT2D eigenvalue weighted by Crippen LogP contribution is 2.35. The first-order valence-electron chi connectivity index (χ1n) is 9.90. The lowest BCUT2D eigenvalue weighted by molar-refractivity contribution is -0.135. The lowest BCUT2D eigenvalue weighted by Gasteiger charge is -2.27. The number of nitrogens with one attached hydrogen (secondary N) is 2. The van der Waals surface area contributed by atoms with Crippen molar-refractivity contribution in [3.8, 4) is 0 Å². The monoisotopic (exact) mass is 459 g/mol. The molecule has 0 saturated heterocycles. The summed E-state index contributed by atoms with van der Waals surface area (Å²) in [5.41, 5.74) is -0.843. The summed E-state index contributed by atoms with van der Waals surface area (Å²) in [5.74, 6) is -0.247. The van der Waals surface area contributed by atoms with Crippen molar-refractivity contribution >= 4 is 17.2 Å². The van der Waals surface area contributed by atoms with Gasteiger partial charge in [-0.05, 0) is 39.3 Å². The second-order valence-electron chi connectivity index (χ2n) is 8.23. The maximum atomic E-state index is 12.8. The smallest absolute Gasteiger partial charge is 0.389 e. The minimum absolute atomic E-state index is 0.0525. The van der Waals surface area contributed by atoms with Gasteiger partial charge < -0.3 is 10.1 Å². The lowest BCUT2D eigenvalue weighted by atomic mass is 9.84. The molecule has 0 aliphatic carbocycles. The summed E-state index contributed by atoms with van der Waals surface area (Å²) in [6, 6.07) is 0. The van der Waals surface area contributed by atoms with Gasteiger partial charge in [-0.2, -0.15) is 13.2 Å². The third kappa shape index (κ3) is 8.86. The van der Waals surface area contributed by atoms with Gasteiger partial charge in [0.2, 0.25) is 5.91 Å². The molecule has 0 radical (unpaired) electrons. The summed E-state index contributed by atoms with van der Waals surface area (Å²) in [7, 11) is 0. The molecule has 0 spiro atoms. The number of carbonyl (C=O) groups excluding carboxylic acids is 1. The molecule has 0 aliphatic rings. The molecular weight excluding hydrogens is 427 g/mol. The van der Waals surface area contributed by atoms with Crippen LogP contribution in [0.15, 0.2) is 43.0 Å². The standard InChI is InChI=1S/C22H32F3N3O2S/c1-8-12-30-18(13-15(2)20(4,5)17-14-26-16(3)31-17)28-19(29)21(6,7)27-11-9-10-22(23,24)25/h8,13-14,27H,1-2,9-12H2,3-7H3,(H,28,29)/b18-13-. The number of allylic oxidation sites excluding steroid dienone is 2. The fourth-order valence-electron chi connectivity index (χ4n) is 2.45. The van der Waals surface area contributed by atoms with Crippen LogP contribution in [0.2, 0.25) is 0 Å². The van der Waals surface area contributed by atoms with Gasteiger partial charge in [-0.3, -0.25) is 10.1 Å². The second kappa shape index (κ2) is 10.9. The van der Waals surface area contributed by atoms with Gasteiger partial charge in [0.05, 0.1) is 10.5 Å². The number of thiazole rings is 1. The Morgan fingerprint density at radius 1 is 1.29 bits per heavy atom. The summed E-state index contributed by atoms with van der Waals surface area (Å²) in [6.45, 7) is 17.1. The largest absolute Gasteiger partial charge is 0.475 e. The first kappa shape index (κ1) is 26.9. The lowest BCUT2D eigenvalue weighted by Crippen LogP contribution is -2.52. The Kier molecular flexibility index (Phi) is 9.50. The van der Waals surface area contributed by atoms with Crippen LogP contribution in [0.25, 0.3) is 0 Å². The van der Waals surface area contributed by atoms with Gasteiger partial charge in [0.25, 0.3) is 0 Å². The maximum Gasteiger partial charge on any atom is 0.389 e. The molecular formula is C22H32F3N3O2S.